The van der Waals surface area contributed by atoms with E-state index in [1.54, 1.807) is 13.1 Å². The average molecular weight is 292 g/mol. The third-order valence-electron chi connectivity index (χ3n) is 2.98. The zero-order valence-corrected chi connectivity index (χ0v) is 12.1. The van der Waals surface area contributed by atoms with Crippen molar-refractivity contribution in [3.63, 3.8) is 0 Å². The second-order valence-corrected chi connectivity index (χ2v) is 4.64. The summed E-state index contributed by atoms with van der Waals surface area (Å²) in [7, 11) is 1.78. The van der Waals surface area contributed by atoms with Gasteiger partial charge in [-0.2, -0.15) is 0 Å². The van der Waals surface area contributed by atoms with Gasteiger partial charge in [0.25, 0.3) is 0 Å². The topological polar surface area (TPSA) is 49.8 Å². The summed E-state index contributed by atoms with van der Waals surface area (Å²) in [5.74, 6) is 0.892. The Bertz CT molecular complexity index is 617. The Balaban J connectivity index is 2.13. The largest absolute Gasteiger partial charge is 0.373 e. The molecule has 0 amide bonds. The Morgan fingerprint density at radius 1 is 1.10 bits per heavy atom. The molecule has 2 rings (SSSR count). The first-order chi connectivity index (χ1) is 10.1. The zero-order valence-electron chi connectivity index (χ0n) is 12.1. The fourth-order valence-corrected chi connectivity index (χ4v) is 1.90. The van der Waals surface area contributed by atoms with Gasteiger partial charge in [-0.25, -0.2) is 18.7 Å². The van der Waals surface area contributed by atoms with Crippen molar-refractivity contribution in [1.82, 2.24) is 9.97 Å². The normalized spacial score (nSPS) is 10.5. The second-order valence-electron chi connectivity index (χ2n) is 4.64. The van der Waals surface area contributed by atoms with E-state index in [4.69, 9.17) is 0 Å². The van der Waals surface area contributed by atoms with Gasteiger partial charge in [-0.05, 0) is 12.5 Å². The standard InChI is InChI=1S/C15H18F2N4/c1-3-4-13-20-14(18-2)8-15(21-13)19-9-10-5-6-11(16)7-12(10)17/h5-8H,3-4,9H2,1-2H3,(H2,18,19,20,21). The first-order valence-corrected chi connectivity index (χ1v) is 6.86. The van der Waals surface area contributed by atoms with Gasteiger partial charge in [-0.15, -0.1) is 0 Å². The maximum absolute atomic E-state index is 13.6. The van der Waals surface area contributed by atoms with Crippen LogP contribution in [-0.4, -0.2) is 17.0 Å². The van der Waals surface area contributed by atoms with E-state index >= 15 is 0 Å². The van der Waals surface area contributed by atoms with Gasteiger partial charge >= 0.3 is 0 Å². The first-order valence-electron chi connectivity index (χ1n) is 6.86. The lowest BCUT2D eigenvalue weighted by Crippen LogP contribution is -2.07. The smallest absolute Gasteiger partial charge is 0.133 e. The van der Waals surface area contributed by atoms with Crippen molar-refractivity contribution in [3.05, 3.63) is 47.3 Å². The Kier molecular flexibility index (Phi) is 5.03. The van der Waals surface area contributed by atoms with Gasteiger partial charge in [0.15, 0.2) is 0 Å². The van der Waals surface area contributed by atoms with Gasteiger partial charge in [0.05, 0.1) is 0 Å². The van der Waals surface area contributed by atoms with Crippen LogP contribution >= 0.6 is 0 Å². The molecule has 0 bridgehead atoms. The minimum atomic E-state index is -0.582. The minimum absolute atomic E-state index is 0.234. The van der Waals surface area contributed by atoms with Gasteiger partial charge in [0, 0.05) is 37.7 Å². The Labute approximate surface area is 122 Å². The fourth-order valence-electron chi connectivity index (χ4n) is 1.90. The van der Waals surface area contributed by atoms with Crippen molar-refractivity contribution in [2.24, 2.45) is 0 Å². The van der Waals surface area contributed by atoms with Crippen molar-refractivity contribution in [2.75, 3.05) is 17.7 Å². The summed E-state index contributed by atoms with van der Waals surface area (Å²) in [6.07, 6.45) is 1.72. The number of halogens is 2. The molecule has 0 radical (unpaired) electrons. The minimum Gasteiger partial charge on any atom is -0.373 e. The molecule has 1 aromatic carbocycles. The maximum atomic E-state index is 13.6. The highest BCUT2D eigenvalue weighted by atomic mass is 19.1. The van der Waals surface area contributed by atoms with Crippen molar-refractivity contribution in [1.29, 1.82) is 0 Å². The van der Waals surface area contributed by atoms with Gasteiger partial charge in [0.2, 0.25) is 0 Å². The van der Waals surface area contributed by atoms with Crippen molar-refractivity contribution >= 4 is 11.6 Å². The average Bonchev–Trinajstić information content (AvgIpc) is 2.46. The Morgan fingerprint density at radius 3 is 2.52 bits per heavy atom. The third kappa shape index (κ3) is 4.11. The van der Waals surface area contributed by atoms with Crippen LogP contribution in [0.5, 0.6) is 0 Å². The molecule has 0 aliphatic heterocycles. The summed E-state index contributed by atoms with van der Waals surface area (Å²) >= 11 is 0. The Morgan fingerprint density at radius 2 is 1.86 bits per heavy atom. The van der Waals surface area contributed by atoms with E-state index in [-0.39, 0.29) is 6.54 Å². The molecule has 0 saturated heterocycles. The number of aryl methyl sites for hydroxylation is 1. The van der Waals surface area contributed by atoms with E-state index in [2.05, 4.69) is 27.5 Å². The van der Waals surface area contributed by atoms with E-state index in [0.717, 1.165) is 24.7 Å². The van der Waals surface area contributed by atoms with Crippen molar-refractivity contribution < 1.29 is 8.78 Å². The van der Waals surface area contributed by atoms with Crippen LogP contribution in [0.4, 0.5) is 20.4 Å². The quantitative estimate of drug-likeness (QED) is 0.857. The summed E-state index contributed by atoms with van der Waals surface area (Å²) in [5, 5.41) is 6.01. The molecule has 0 atom stereocenters. The second kappa shape index (κ2) is 6.97. The molecule has 0 aliphatic rings. The Hall–Kier alpha value is -2.24. The molecule has 0 spiro atoms. The van der Waals surface area contributed by atoms with E-state index < -0.39 is 11.6 Å². The summed E-state index contributed by atoms with van der Waals surface area (Å²) < 4.78 is 26.4. The zero-order chi connectivity index (χ0) is 15.2. The summed E-state index contributed by atoms with van der Waals surface area (Å²) in [5.41, 5.74) is 0.387. The highest BCUT2D eigenvalue weighted by Gasteiger charge is 2.06. The highest BCUT2D eigenvalue weighted by molar-refractivity contribution is 5.47. The molecule has 1 heterocycles. The maximum Gasteiger partial charge on any atom is 0.133 e. The van der Waals surface area contributed by atoms with Crippen LogP contribution in [0.3, 0.4) is 0 Å². The van der Waals surface area contributed by atoms with E-state index in [1.807, 2.05) is 0 Å². The number of benzene rings is 1. The van der Waals surface area contributed by atoms with Crippen molar-refractivity contribution in [2.45, 2.75) is 26.3 Å². The van der Waals surface area contributed by atoms with Crippen molar-refractivity contribution in [3.8, 4) is 0 Å². The molecule has 0 unspecified atom stereocenters. The molecule has 112 valence electrons. The number of nitrogens with one attached hydrogen (secondary N) is 2. The summed E-state index contributed by atoms with van der Waals surface area (Å²) in [4.78, 5) is 8.71. The molecule has 21 heavy (non-hydrogen) atoms. The van der Waals surface area contributed by atoms with E-state index in [9.17, 15) is 8.78 Å². The van der Waals surface area contributed by atoms with Crippen LogP contribution in [0.1, 0.15) is 24.7 Å². The van der Waals surface area contributed by atoms with Crippen LogP contribution in [-0.2, 0) is 13.0 Å². The molecular weight excluding hydrogens is 274 g/mol. The SMILES string of the molecule is CCCc1nc(NC)cc(NCc2ccc(F)cc2F)n1. The molecule has 0 saturated carbocycles. The number of hydrogen-bond donors (Lipinski definition) is 2. The molecule has 4 nitrogen and oxygen atoms in total. The fraction of sp³-hybridized carbons (Fsp3) is 0.333. The predicted molar refractivity (Wildman–Crippen MR) is 79.3 cm³/mol. The molecule has 0 fully saturated rings. The van der Waals surface area contributed by atoms with Gasteiger partial charge in [-0.3, -0.25) is 0 Å². The van der Waals surface area contributed by atoms with E-state index in [0.29, 0.717) is 17.2 Å². The van der Waals surface area contributed by atoms with Gasteiger partial charge in [-0.1, -0.05) is 13.0 Å². The molecular formula is C15H18F2N4. The number of anilines is 2. The monoisotopic (exact) mass is 292 g/mol. The lowest BCUT2D eigenvalue weighted by Gasteiger charge is -2.10. The van der Waals surface area contributed by atoms with Crippen LogP contribution in [0, 0.1) is 11.6 Å². The molecule has 1 aromatic heterocycles. The number of nitrogens with zero attached hydrogens (tertiary/aromatic N) is 2. The van der Waals surface area contributed by atoms with Crippen LogP contribution in [0.15, 0.2) is 24.3 Å². The lowest BCUT2D eigenvalue weighted by atomic mass is 10.2. The molecule has 2 aromatic rings. The summed E-state index contributed by atoms with van der Waals surface area (Å²) in [6.45, 7) is 2.29. The molecule has 6 heteroatoms. The van der Waals surface area contributed by atoms with Crippen LogP contribution < -0.4 is 10.6 Å². The van der Waals surface area contributed by atoms with Gasteiger partial charge < -0.3 is 10.6 Å². The predicted octanol–water partition coefficient (Wildman–Crippen LogP) is 3.36. The summed E-state index contributed by atoms with van der Waals surface area (Å²) in [6, 6.07) is 5.28. The van der Waals surface area contributed by atoms with Crippen LogP contribution in [0.2, 0.25) is 0 Å². The number of rotatable bonds is 6. The number of aromatic nitrogens is 2. The first kappa shape index (κ1) is 15.2. The molecule has 2 N–H and O–H groups in total. The van der Waals surface area contributed by atoms with Crippen LogP contribution in [0.25, 0.3) is 0 Å². The molecule has 0 aliphatic carbocycles. The third-order valence-corrected chi connectivity index (χ3v) is 2.98. The lowest BCUT2D eigenvalue weighted by molar-refractivity contribution is 0.574. The highest BCUT2D eigenvalue weighted by Crippen LogP contribution is 2.15. The van der Waals surface area contributed by atoms with E-state index in [1.165, 1.54) is 12.1 Å². The number of hydrogen-bond acceptors (Lipinski definition) is 4. The van der Waals surface area contributed by atoms with Gasteiger partial charge in [0.1, 0.15) is 29.1 Å².